The van der Waals surface area contributed by atoms with Gasteiger partial charge in [-0.1, -0.05) is 15.9 Å². The van der Waals surface area contributed by atoms with Crippen LogP contribution in [0.5, 0.6) is 0 Å². The van der Waals surface area contributed by atoms with Crippen molar-refractivity contribution < 1.29 is 14.3 Å². The van der Waals surface area contributed by atoms with E-state index in [1.54, 1.807) is 30.1 Å². The molecule has 1 aromatic heterocycles. The van der Waals surface area contributed by atoms with Gasteiger partial charge in [-0.2, -0.15) is 5.10 Å². The number of hydrogen-bond acceptors (Lipinski definition) is 2. The lowest BCUT2D eigenvalue weighted by atomic mass is 10.0. The van der Waals surface area contributed by atoms with Gasteiger partial charge in [0.05, 0.1) is 5.69 Å². The second-order valence-corrected chi connectivity index (χ2v) is 5.11. The van der Waals surface area contributed by atoms with Crippen LogP contribution in [0.2, 0.25) is 0 Å². The highest BCUT2D eigenvalue weighted by atomic mass is 79.9. The van der Waals surface area contributed by atoms with Gasteiger partial charge in [0, 0.05) is 29.7 Å². The molecule has 0 radical (unpaired) electrons. The maximum Gasteiger partial charge on any atom is 0.303 e. The molecule has 6 heteroatoms. The van der Waals surface area contributed by atoms with E-state index in [2.05, 4.69) is 21.0 Å². The smallest absolute Gasteiger partial charge is 0.303 e. The van der Waals surface area contributed by atoms with Gasteiger partial charge in [0.1, 0.15) is 5.82 Å². The van der Waals surface area contributed by atoms with Crippen LogP contribution in [0.3, 0.4) is 0 Å². The second-order valence-electron chi connectivity index (χ2n) is 4.19. The average molecular weight is 327 g/mol. The zero-order valence-corrected chi connectivity index (χ0v) is 11.8. The fraction of sp³-hybridized carbons (Fsp3) is 0.231. The lowest BCUT2D eigenvalue weighted by Gasteiger charge is -2.03. The number of hydrogen-bond donors (Lipinski definition) is 1. The average Bonchev–Trinajstić information content (AvgIpc) is 2.71. The number of rotatable bonds is 4. The molecule has 1 N–H and O–H groups in total. The van der Waals surface area contributed by atoms with Crippen LogP contribution < -0.4 is 0 Å². The first-order valence-corrected chi connectivity index (χ1v) is 6.46. The number of aliphatic carboxylic acids is 1. The Bertz CT molecular complexity index is 625. The first-order chi connectivity index (χ1) is 8.97. The molecule has 2 aromatic rings. The molecule has 0 saturated heterocycles. The zero-order valence-electron chi connectivity index (χ0n) is 10.2. The van der Waals surface area contributed by atoms with Crippen LogP contribution in [0.15, 0.2) is 28.9 Å². The second kappa shape index (κ2) is 5.52. The molecule has 4 nitrogen and oxygen atoms in total. The summed E-state index contributed by atoms with van der Waals surface area (Å²) in [5.74, 6) is -1.26. The van der Waals surface area contributed by atoms with E-state index in [9.17, 15) is 9.18 Å². The SMILES string of the molecule is Cn1cc(CCC(=O)O)c(-c2cc(Br)ccc2F)n1. The molecule has 0 aliphatic heterocycles. The van der Waals surface area contributed by atoms with E-state index in [1.165, 1.54) is 6.07 Å². The standard InChI is InChI=1S/C13H12BrFN2O2/c1-17-7-8(2-5-12(18)19)13(16-17)10-6-9(14)3-4-11(10)15/h3-4,6-7H,2,5H2,1H3,(H,18,19). The predicted octanol–water partition coefficient (Wildman–Crippen LogP) is 3.01. The topological polar surface area (TPSA) is 55.1 Å². The van der Waals surface area contributed by atoms with E-state index in [1.807, 2.05) is 0 Å². The van der Waals surface area contributed by atoms with Crippen molar-refractivity contribution in [1.29, 1.82) is 0 Å². The first kappa shape index (κ1) is 13.7. The number of nitrogens with zero attached hydrogens (tertiary/aromatic N) is 2. The minimum Gasteiger partial charge on any atom is -0.481 e. The van der Waals surface area contributed by atoms with Crippen LogP contribution in [-0.2, 0) is 18.3 Å². The minimum absolute atomic E-state index is 0.00564. The molecule has 0 spiro atoms. The van der Waals surface area contributed by atoms with Crippen molar-refractivity contribution >= 4 is 21.9 Å². The molecule has 19 heavy (non-hydrogen) atoms. The molecule has 0 amide bonds. The monoisotopic (exact) mass is 326 g/mol. The molecule has 1 aromatic carbocycles. The van der Waals surface area contributed by atoms with Gasteiger partial charge in [0.15, 0.2) is 0 Å². The summed E-state index contributed by atoms with van der Waals surface area (Å²) in [5, 5.41) is 13.0. The number of carbonyl (C=O) groups is 1. The minimum atomic E-state index is -0.885. The number of halogens is 2. The Morgan fingerprint density at radius 1 is 1.53 bits per heavy atom. The number of aromatic nitrogens is 2. The van der Waals surface area contributed by atoms with Crippen LogP contribution >= 0.6 is 15.9 Å². The highest BCUT2D eigenvalue weighted by Crippen LogP contribution is 2.28. The largest absolute Gasteiger partial charge is 0.481 e. The Balaban J connectivity index is 2.43. The third kappa shape index (κ3) is 3.20. The van der Waals surface area contributed by atoms with Crippen molar-refractivity contribution in [2.45, 2.75) is 12.8 Å². The molecule has 100 valence electrons. The highest BCUT2D eigenvalue weighted by molar-refractivity contribution is 9.10. The van der Waals surface area contributed by atoms with Gasteiger partial charge in [-0.25, -0.2) is 4.39 Å². The Morgan fingerprint density at radius 2 is 2.26 bits per heavy atom. The van der Waals surface area contributed by atoms with Crippen LogP contribution in [0.1, 0.15) is 12.0 Å². The molecule has 1 heterocycles. The van der Waals surface area contributed by atoms with Gasteiger partial charge in [0.25, 0.3) is 0 Å². The maximum absolute atomic E-state index is 13.9. The molecule has 0 aliphatic carbocycles. The lowest BCUT2D eigenvalue weighted by molar-refractivity contribution is -0.136. The van der Waals surface area contributed by atoms with Crippen molar-refractivity contribution in [3.8, 4) is 11.3 Å². The van der Waals surface area contributed by atoms with Crippen molar-refractivity contribution in [3.05, 3.63) is 40.2 Å². The Morgan fingerprint density at radius 3 is 2.95 bits per heavy atom. The summed E-state index contributed by atoms with van der Waals surface area (Å²) >= 11 is 3.29. The van der Waals surface area contributed by atoms with Gasteiger partial charge < -0.3 is 5.11 Å². The highest BCUT2D eigenvalue weighted by Gasteiger charge is 2.15. The Kier molecular flexibility index (Phi) is 3.99. The van der Waals surface area contributed by atoms with E-state index >= 15 is 0 Å². The molecular formula is C13H12BrFN2O2. The summed E-state index contributed by atoms with van der Waals surface area (Å²) < 4.78 is 16.2. The summed E-state index contributed by atoms with van der Waals surface area (Å²) in [6, 6.07) is 4.61. The molecule has 0 bridgehead atoms. The van der Waals surface area contributed by atoms with Gasteiger partial charge in [-0.3, -0.25) is 9.48 Å². The van der Waals surface area contributed by atoms with Gasteiger partial charge in [-0.05, 0) is 30.2 Å². The van der Waals surface area contributed by atoms with Gasteiger partial charge in [-0.15, -0.1) is 0 Å². The molecule has 0 unspecified atom stereocenters. The molecule has 0 atom stereocenters. The Labute approximate surface area is 118 Å². The zero-order chi connectivity index (χ0) is 14.0. The van der Waals surface area contributed by atoms with E-state index in [0.29, 0.717) is 17.7 Å². The van der Waals surface area contributed by atoms with Crippen LogP contribution in [0.4, 0.5) is 4.39 Å². The lowest BCUT2D eigenvalue weighted by Crippen LogP contribution is -1.98. The van der Waals surface area contributed by atoms with Gasteiger partial charge >= 0.3 is 5.97 Å². The summed E-state index contributed by atoms with van der Waals surface area (Å²) in [4.78, 5) is 10.6. The molecular weight excluding hydrogens is 315 g/mol. The fourth-order valence-electron chi connectivity index (χ4n) is 1.87. The molecule has 0 aliphatic rings. The van der Waals surface area contributed by atoms with Crippen LogP contribution in [-0.4, -0.2) is 20.9 Å². The summed E-state index contributed by atoms with van der Waals surface area (Å²) in [7, 11) is 1.73. The molecule has 0 fully saturated rings. The summed E-state index contributed by atoms with van der Waals surface area (Å²) in [6.07, 6.45) is 2.04. The normalized spacial score (nSPS) is 10.7. The number of carboxylic acid groups (broad SMARTS) is 1. The third-order valence-corrected chi connectivity index (χ3v) is 3.19. The number of benzene rings is 1. The van der Waals surface area contributed by atoms with Crippen molar-refractivity contribution in [1.82, 2.24) is 9.78 Å². The van der Waals surface area contributed by atoms with E-state index in [0.717, 1.165) is 10.0 Å². The van der Waals surface area contributed by atoms with Crippen molar-refractivity contribution in [2.75, 3.05) is 0 Å². The quantitative estimate of drug-likeness (QED) is 0.939. The van der Waals surface area contributed by atoms with E-state index in [-0.39, 0.29) is 12.2 Å². The molecule has 2 rings (SSSR count). The third-order valence-electron chi connectivity index (χ3n) is 2.70. The van der Waals surface area contributed by atoms with Gasteiger partial charge in [0.2, 0.25) is 0 Å². The number of carboxylic acids is 1. The summed E-state index contributed by atoms with van der Waals surface area (Å²) in [5.41, 5.74) is 1.58. The fourth-order valence-corrected chi connectivity index (χ4v) is 2.23. The van der Waals surface area contributed by atoms with E-state index < -0.39 is 5.97 Å². The van der Waals surface area contributed by atoms with Crippen LogP contribution in [0, 0.1) is 5.82 Å². The van der Waals surface area contributed by atoms with E-state index in [4.69, 9.17) is 5.11 Å². The number of aryl methyl sites for hydroxylation is 2. The predicted molar refractivity (Wildman–Crippen MR) is 72.3 cm³/mol. The Hall–Kier alpha value is -1.69. The molecule has 0 saturated carbocycles. The van der Waals surface area contributed by atoms with Crippen molar-refractivity contribution in [3.63, 3.8) is 0 Å². The van der Waals surface area contributed by atoms with Crippen LogP contribution in [0.25, 0.3) is 11.3 Å². The van der Waals surface area contributed by atoms with Crippen molar-refractivity contribution in [2.24, 2.45) is 7.05 Å². The summed E-state index contributed by atoms with van der Waals surface area (Å²) in [6.45, 7) is 0. The first-order valence-electron chi connectivity index (χ1n) is 5.67. The maximum atomic E-state index is 13.9.